The number of thiocarbonyl (C=S) groups is 1. The van der Waals surface area contributed by atoms with Gasteiger partial charge in [-0.2, -0.15) is 0 Å². The zero-order valence-electron chi connectivity index (χ0n) is 13.9. The minimum absolute atomic E-state index is 0.268. The molecule has 0 bridgehead atoms. The monoisotopic (exact) mass is 340 g/mol. The number of hydrogen-bond donors (Lipinski definition) is 2. The Bertz CT molecular complexity index is 747. The molecule has 5 heteroatoms. The Morgan fingerprint density at radius 2 is 1.71 bits per heavy atom. The first-order chi connectivity index (χ1) is 11.5. The van der Waals surface area contributed by atoms with Crippen LogP contribution in [-0.2, 0) is 4.79 Å². The molecule has 0 spiro atoms. The van der Waals surface area contributed by atoms with Crippen LogP contribution in [0.4, 0.5) is 5.69 Å². The molecule has 1 amide bonds. The van der Waals surface area contributed by atoms with Crippen molar-refractivity contribution in [1.29, 1.82) is 0 Å². The van der Waals surface area contributed by atoms with Crippen LogP contribution in [0.3, 0.4) is 0 Å². The van der Waals surface area contributed by atoms with Crippen LogP contribution in [0, 0.1) is 13.8 Å². The van der Waals surface area contributed by atoms with Crippen LogP contribution in [0.1, 0.15) is 16.7 Å². The maximum absolute atomic E-state index is 11.9. The SMILES string of the molecule is COc1ccc(/C=C/C(=O)NC(=S)Nc2cc(C)cc(C)c2)cc1. The molecular weight excluding hydrogens is 320 g/mol. The van der Waals surface area contributed by atoms with Gasteiger partial charge in [0.1, 0.15) is 5.75 Å². The molecule has 0 atom stereocenters. The van der Waals surface area contributed by atoms with Crippen molar-refractivity contribution in [3.05, 3.63) is 65.2 Å². The van der Waals surface area contributed by atoms with E-state index in [9.17, 15) is 4.79 Å². The van der Waals surface area contributed by atoms with Crippen LogP contribution in [0.2, 0.25) is 0 Å². The molecule has 4 nitrogen and oxygen atoms in total. The average molecular weight is 340 g/mol. The summed E-state index contributed by atoms with van der Waals surface area (Å²) in [6.45, 7) is 4.02. The van der Waals surface area contributed by atoms with Crippen molar-refractivity contribution in [2.24, 2.45) is 0 Å². The number of ether oxygens (including phenoxy) is 1. The first-order valence-electron chi connectivity index (χ1n) is 7.48. The third-order valence-corrected chi connectivity index (χ3v) is 3.46. The number of hydrogen-bond acceptors (Lipinski definition) is 3. The topological polar surface area (TPSA) is 50.4 Å². The summed E-state index contributed by atoms with van der Waals surface area (Å²) in [5.41, 5.74) is 4.02. The molecule has 0 aromatic heterocycles. The van der Waals surface area contributed by atoms with Crippen molar-refractivity contribution in [2.75, 3.05) is 12.4 Å². The summed E-state index contributed by atoms with van der Waals surface area (Å²) in [6.07, 6.45) is 3.16. The van der Waals surface area contributed by atoms with Gasteiger partial charge in [0, 0.05) is 11.8 Å². The van der Waals surface area contributed by atoms with E-state index in [1.807, 2.05) is 50.2 Å². The second-order valence-corrected chi connectivity index (χ2v) is 5.83. The van der Waals surface area contributed by atoms with Crippen LogP contribution in [0.15, 0.2) is 48.5 Å². The highest BCUT2D eigenvalue weighted by molar-refractivity contribution is 7.80. The van der Waals surface area contributed by atoms with Crippen LogP contribution >= 0.6 is 12.2 Å². The van der Waals surface area contributed by atoms with Gasteiger partial charge in [-0.3, -0.25) is 10.1 Å². The number of carbonyl (C=O) groups is 1. The summed E-state index contributed by atoms with van der Waals surface area (Å²) in [4.78, 5) is 11.9. The smallest absolute Gasteiger partial charge is 0.250 e. The standard InChI is InChI=1S/C19H20N2O2S/c1-13-10-14(2)12-16(11-13)20-19(24)21-18(22)9-6-15-4-7-17(23-3)8-5-15/h4-12H,1-3H3,(H2,20,21,22,24)/b9-6+. The summed E-state index contributed by atoms with van der Waals surface area (Å²) >= 11 is 5.17. The number of anilines is 1. The molecule has 2 aromatic rings. The lowest BCUT2D eigenvalue weighted by Crippen LogP contribution is -2.32. The molecule has 2 rings (SSSR count). The highest BCUT2D eigenvalue weighted by atomic mass is 32.1. The van der Waals surface area contributed by atoms with E-state index < -0.39 is 0 Å². The quantitative estimate of drug-likeness (QED) is 0.656. The number of nitrogens with one attached hydrogen (secondary N) is 2. The highest BCUT2D eigenvalue weighted by Gasteiger charge is 2.03. The second kappa shape index (κ2) is 8.26. The summed E-state index contributed by atoms with van der Waals surface area (Å²) in [5, 5.41) is 5.91. The lowest BCUT2D eigenvalue weighted by molar-refractivity contribution is -0.115. The minimum Gasteiger partial charge on any atom is -0.497 e. The molecule has 0 aliphatic heterocycles. The van der Waals surface area contributed by atoms with E-state index in [0.717, 1.165) is 28.1 Å². The van der Waals surface area contributed by atoms with E-state index in [2.05, 4.69) is 16.7 Å². The highest BCUT2D eigenvalue weighted by Crippen LogP contribution is 2.14. The minimum atomic E-state index is -0.285. The van der Waals surface area contributed by atoms with E-state index >= 15 is 0 Å². The van der Waals surface area contributed by atoms with Gasteiger partial charge < -0.3 is 10.1 Å². The Labute approximate surface area is 147 Å². The molecule has 0 aliphatic carbocycles. The van der Waals surface area contributed by atoms with Crippen LogP contribution in [-0.4, -0.2) is 18.1 Å². The van der Waals surface area contributed by atoms with Crippen LogP contribution in [0.25, 0.3) is 6.08 Å². The third-order valence-electron chi connectivity index (χ3n) is 3.26. The number of aryl methyl sites for hydroxylation is 2. The van der Waals surface area contributed by atoms with E-state index in [-0.39, 0.29) is 11.0 Å². The second-order valence-electron chi connectivity index (χ2n) is 5.43. The lowest BCUT2D eigenvalue weighted by atomic mass is 10.1. The molecule has 0 saturated carbocycles. The lowest BCUT2D eigenvalue weighted by Gasteiger charge is -2.09. The van der Waals surface area contributed by atoms with Gasteiger partial charge in [0.25, 0.3) is 0 Å². The fraction of sp³-hybridized carbons (Fsp3) is 0.158. The molecule has 0 heterocycles. The Kier molecular flexibility index (Phi) is 6.09. The number of amides is 1. The molecule has 124 valence electrons. The molecule has 0 fully saturated rings. The number of carbonyl (C=O) groups excluding carboxylic acids is 1. The summed E-state index contributed by atoms with van der Waals surface area (Å²) in [7, 11) is 1.61. The fourth-order valence-corrected chi connectivity index (χ4v) is 2.47. The van der Waals surface area contributed by atoms with Gasteiger partial charge in [-0.05, 0) is 73.1 Å². The van der Waals surface area contributed by atoms with Crippen molar-refractivity contribution >= 4 is 35.0 Å². The van der Waals surface area contributed by atoms with Crippen molar-refractivity contribution in [2.45, 2.75) is 13.8 Å². The molecular formula is C19H20N2O2S. The van der Waals surface area contributed by atoms with Gasteiger partial charge in [0.05, 0.1) is 7.11 Å². The van der Waals surface area contributed by atoms with Gasteiger partial charge in [0.2, 0.25) is 5.91 Å². The fourth-order valence-electron chi connectivity index (χ4n) is 2.25. The van der Waals surface area contributed by atoms with Gasteiger partial charge in [-0.25, -0.2) is 0 Å². The molecule has 0 saturated heterocycles. The molecule has 0 aliphatic rings. The predicted octanol–water partition coefficient (Wildman–Crippen LogP) is 3.84. The Balaban J connectivity index is 1.90. The van der Waals surface area contributed by atoms with Crippen LogP contribution in [0.5, 0.6) is 5.75 Å². The van der Waals surface area contributed by atoms with Crippen molar-refractivity contribution in [1.82, 2.24) is 5.32 Å². The Hall–Kier alpha value is -2.66. The van der Waals surface area contributed by atoms with E-state index in [1.54, 1.807) is 13.2 Å². The number of rotatable bonds is 4. The van der Waals surface area contributed by atoms with Gasteiger partial charge >= 0.3 is 0 Å². The maximum atomic E-state index is 11.9. The normalized spacial score (nSPS) is 10.5. The largest absolute Gasteiger partial charge is 0.497 e. The zero-order chi connectivity index (χ0) is 17.5. The van der Waals surface area contributed by atoms with E-state index in [0.29, 0.717) is 0 Å². The summed E-state index contributed by atoms with van der Waals surface area (Å²) < 4.78 is 5.09. The zero-order valence-corrected chi connectivity index (χ0v) is 14.7. The predicted molar refractivity (Wildman–Crippen MR) is 102 cm³/mol. The van der Waals surface area contributed by atoms with E-state index in [1.165, 1.54) is 6.08 Å². The summed E-state index contributed by atoms with van der Waals surface area (Å²) in [6, 6.07) is 13.4. The van der Waals surface area contributed by atoms with Crippen molar-refractivity contribution < 1.29 is 9.53 Å². The van der Waals surface area contributed by atoms with Crippen LogP contribution < -0.4 is 15.4 Å². The van der Waals surface area contributed by atoms with Crippen molar-refractivity contribution in [3.8, 4) is 5.75 Å². The average Bonchev–Trinajstić information content (AvgIpc) is 2.52. The molecule has 2 aromatic carbocycles. The first kappa shape index (κ1) is 17.7. The van der Waals surface area contributed by atoms with E-state index in [4.69, 9.17) is 17.0 Å². The Morgan fingerprint density at radius 3 is 2.29 bits per heavy atom. The Morgan fingerprint density at radius 1 is 1.08 bits per heavy atom. The third kappa shape index (κ3) is 5.52. The van der Waals surface area contributed by atoms with Gasteiger partial charge in [-0.15, -0.1) is 0 Å². The molecule has 0 unspecified atom stereocenters. The van der Waals surface area contributed by atoms with Gasteiger partial charge in [0.15, 0.2) is 5.11 Å². The molecule has 24 heavy (non-hydrogen) atoms. The number of methoxy groups -OCH3 is 1. The van der Waals surface area contributed by atoms with Gasteiger partial charge in [-0.1, -0.05) is 18.2 Å². The summed E-state index contributed by atoms with van der Waals surface area (Å²) in [5.74, 6) is 0.489. The molecule has 0 radical (unpaired) electrons. The first-order valence-corrected chi connectivity index (χ1v) is 7.89. The maximum Gasteiger partial charge on any atom is 0.250 e. The molecule has 2 N–H and O–H groups in total. The van der Waals surface area contributed by atoms with Crippen molar-refractivity contribution in [3.63, 3.8) is 0 Å². The number of benzene rings is 2.